The van der Waals surface area contributed by atoms with E-state index in [1.807, 2.05) is 18.2 Å². The molecule has 1 aliphatic heterocycles. The van der Waals surface area contributed by atoms with Gasteiger partial charge in [0.05, 0.1) is 11.4 Å². The molecule has 92 valence electrons. The summed E-state index contributed by atoms with van der Waals surface area (Å²) in [7, 11) is 0. The molecule has 18 heavy (non-hydrogen) atoms. The fourth-order valence-corrected chi connectivity index (χ4v) is 2.32. The van der Waals surface area contributed by atoms with Crippen LogP contribution in [-0.4, -0.2) is 27.1 Å². The standard InChI is InChI=1S/C12H9NO4S/c14-10(15)6-9-11(16)13(12(17)18-9)7-8-4-2-1-3-5-8/h1-6H,7H2,(H,14,15)/b9-6+. The van der Waals surface area contributed by atoms with Crippen molar-refractivity contribution >= 4 is 28.9 Å². The quantitative estimate of drug-likeness (QED) is 0.842. The molecule has 0 atom stereocenters. The average molecular weight is 263 g/mol. The van der Waals surface area contributed by atoms with Crippen LogP contribution in [0.5, 0.6) is 0 Å². The molecule has 1 aromatic carbocycles. The Morgan fingerprint density at radius 3 is 2.56 bits per heavy atom. The molecule has 5 nitrogen and oxygen atoms in total. The van der Waals surface area contributed by atoms with Crippen LogP contribution in [0.3, 0.4) is 0 Å². The lowest BCUT2D eigenvalue weighted by Crippen LogP contribution is -2.27. The Morgan fingerprint density at radius 1 is 1.28 bits per heavy atom. The first kappa shape index (κ1) is 12.4. The van der Waals surface area contributed by atoms with Crippen LogP contribution < -0.4 is 0 Å². The predicted octanol–water partition coefficient (Wildman–Crippen LogP) is 1.85. The number of hydrogen-bond acceptors (Lipinski definition) is 4. The molecule has 0 bridgehead atoms. The molecule has 1 N–H and O–H groups in total. The maximum atomic E-state index is 11.8. The molecule has 0 radical (unpaired) electrons. The second-order valence-electron chi connectivity index (χ2n) is 3.59. The summed E-state index contributed by atoms with van der Waals surface area (Å²) in [5.74, 6) is -1.79. The molecule has 0 spiro atoms. The molecule has 1 aliphatic rings. The van der Waals surface area contributed by atoms with Crippen LogP contribution in [-0.2, 0) is 16.1 Å². The molecule has 2 amide bonds. The van der Waals surface area contributed by atoms with Crippen molar-refractivity contribution in [3.8, 4) is 0 Å². The fourth-order valence-electron chi connectivity index (χ4n) is 1.51. The van der Waals surface area contributed by atoms with Gasteiger partial charge in [-0.15, -0.1) is 0 Å². The molecule has 0 aromatic heterocycles. The van der Waals surface area contributed by atoms with Gasteiger partial charge in [-0.3, -0.25) is 14.5 Å². The van der Waals surface area contributed by atoms with Gasteiger partial charge in [-0.1, -0.05) is 30.3 Å². The molecular formula is C12H9NO4S. The fraction of sp³-hybridized carbons (Fsp3) is 0.0833. The maximum absolute atomic E-state index is 11.8. The lowest BCUT2D eigenvalue weighted by Gasteiger charge is -2.11. The van der Waals surface area contributed by atoms with Gasteiger partial charge < -0.3 is 5.11 Å². The number of nitrogens with zero attached hydrogens (tertiary/aromatic N) is 1. The van der Waals surface area contributed by atoms with Gasteiger partial charge in [0.15, 0.2) is 0 Å². The highest BCUT2D eigenvalue weighted by Gasteiger charge is 2.35. The number of aliphatic carboxylic acids is 1. The molecule has 0 aliphatic carbocycles. The van der Waals surface area contributed by atoms with Crippen molar-refractivity contribution < 1.29 is 19.5 Å². The summed E-state index contributed by atoms with van der Waals surface area (Å²) >= 11 is 0.647. The van der Waals surface area contributed by atoms with Crippen molar-refractivity contribution in [3.05, 3.63) is 46.9 Å². The third kappa shape index (κ3) is 2.60. The highest BCUT2D eigenvalue weighted by atomic mass is 32.2. The first-order chi connectivity index (χ1) is 8.58. The van der Waals surface area contributed by atoms with E-state index in [0.717, 1.165) is 16.5 Å². The van der Waals surface area contributed by atoms with Crippen molar-refractivity contribution in [2.75, 3.05) is 0 Å². The van der Waals surface area contributed by atoms with Crippen LogP contribution in [0, 0.1) is 0 Å². The molecule has 1 saturated heterocycles. The molecule has 0 unspecified atom stereocenters. The Kier molecular flexibility index (Phi) is 3.47. The summed E-state index contributed by atoms with van der Waals surface area (Å²) in [5, 5.41) is 8.13. The number of thioether (sulfide) groups is 1. The number of carboxylic acid groups (broad SMARTS) is 1. The van der Waals surface area contributed by atoms with E-state index < -0.39 is 17.1 Å². The smallest absolute Gasteiger partial charge is 0.329 e. The van der Waals surface area contributed by atoms with E-state index in [0.29, 0.717) is 11.8 Å². The van der Waals surface area contributed by atoms with Crippen molar-refractivity contribution in [3.63, 3.8) is 0 Å². The molecule has 0 saturated carbocycles. The van der Waals surface area contributed by atoms with Crippen molar-refractivity contribution in [1.29, 1.82) is 0 Å². The number of imide groups is 1. The molecule has 2 rings (SSSR count). The zero-order valence-electron chi connectivity index (χ0n) is 9.20. The molecule has 1 aromatic rings. The number of benzene rings is 1. The molecule has 1 heterocycles. The first-order valence-electron chi connectivity index (χ1n) is 5.10. The third-order valence-corrected chi connectivity index (χ3v) is 3.22. The van der Waals surface area contributed by atoms with Crippen LogP contribution in [0.2, 0.25) is 0 Å². The second kappa shape index (κ2) is 5.05. The Morgan fingerprint density at radius 2 is 1.94 bits per heavy atom. The Bertz CT molecular complexity index is 538. The van der Waals surface area contributed by atoms with Crippen LogP contribution >= 0.6 is 11.8 Å². The number of rotatable bonds is 3. The van der Waals surface area contributed by atoms with Crippen LogP contribution in [0.25, 0.3) is 0 Å². The van der Waals surface area contributed by atoms with E-state index in [1.165, 1.54) is 0 Å². The van der Waals surface area contributed by atoms with Gasteiger partial charge in [0.2, 0.25) is 0 Å². The molecular weight excluding hydrogens is 254 g/mol. The molecule has 6 heteroatoms. The van der Waals surface area contributed by atoms with Gasteiger partial charge in [0.25, 0.3) is 11.1 Å². The number of amides is 2. The highest BCUT2D eigenvalue weighted by molar-refractivity contribution is 8.18. The summed E-state index contributed by atoms with van der Waals surface area (Å²) in [5.41, 5.74) is 0.816. The van der Waals surface area contributed by atoms with E-state index in [-0.39, 0.29) is 11.4 Å². The second-order valence-corrected chi connectivity index (χ2v) is 4.58. The average Bonchev–Trinajstić information content (AvgIpc) is 2.58. The van der Waals surface area contributed by atoms with Crippen LogP contribution in [0.4, 0.5) is 4.79 Å². The lowest BCUT2D eigenvalue weighted by atomic mass is 10.2. The van der Waals surface area contributed by atoms with Gasteiger partial charge in [0.1, 0.15) is 0 Å². The minimum atomic E-state index is -1.24. The van der Waals surface area contributed by atoms with Crippen LogP contribution in [0.1, 0.15) is 5.56 Å². The van der Waals surface area contributed by atoms with E-state index in [9.17, 15) is 14.4 Å². The monoisotopic (exact) mass is 263 g/mol. The number of hydrogen-bond donors (Lipinski definition) is 1. The van der Waals surface area contributed by atoms with Gasteiger partial charge in [0, 0.05) is 6.08 Å². The maximum Gasteiger partial charge on any atom is 0.329 e. The predicted molar refractivity (Wildman–Crippen MR) is 65.7 cm³/mol. The Labute approximate surface area is 107 Å². The van der Waals surface area contributed by atoms with Crippen LogP contribution in [0.15, 0.2) is 41.3 Å². The summed E-state index contributed by atoms with van der Waals surface area (Å²) in [4.78, 5) is 34.9. The number of carboxylic acids is 1. The van der Waals surface area contributed by atoms with Crippen molar-refractivity contribution in [2.24, 2.45) is 0 Å². The number of carbonyl (C=O) groups is 3. The van der Waals surface area contributed by atoms with Gasteiger partial charge in [-0.25, -0.2) is 4.79 Å². The lowest BCUT2D eigenvalue weighted by molar-refractivity contribution is -0.132. The van der Waals surface area contributed by atoms with Gasteiger partial charge in [-0.05, 0) is 17.3 Å². The summed E-state index contributed by atoms with van der Waals surface area (Å²) in [6.45, 7) is 0.155. The van der Waals surface area contributed by atoms with Gasteiger partial charge >= 0.3 is 5.97 Å². The summed E-state index contributed by atoms with van der Waals surface area (Å²) < 4.78 is 0. The zero-order valence-corrected chi connectivity index (χ0v) is 10.0. The van der Waals surface area contributed by atoms with Gasteiger partial charge in [-0.2, -0.15) is 0 Å². The van der Waals surface area contributed by atoms with Crippen molar-refractivity contribution in [1.82, 2.24) is 4.90 Å². The summed E-state index contributed by atoms with van der Waals surface area (Å²) in [6.07, 6.45) is 0.760. The zero-order chi connectivity index (χ0) is 13.1. The molecule has 1 fully saturated rings. The van der Waals surface area contributed by atoms with E-state index in [2.05, 4.69) is 0 Å². The topological polar surface area (TPSA) is 74.7 Å². The highest BCUT2D eigenvalue weighted by Crippen LogP contribution is 2.31. The van der Waals surface area contributed by atoms with E-state index in [4.69, 9.17) is 5.11 Å². The van der Waals surface area contributed by atoms with E-state index in [1.54, 1.807) is 12.1 Å². The first-order valence-corrected chi connectivity index (χ1v) is 5.92. The Balaban J connectivity index is 2.18. The normalized spacial score (nSPS) is 17.6. The Hall–Kier alpha value is -2.08. The number of carbonyl (C=O) groups excluding carboxylic acids is 2. The van der Waals surface area contributed by atoms with E-state index >= 15 is 0 Å². The van der Waals surface area contributed by atoms with Crippen molar-refractivity contribution in [2.45, 2.75) is 6.54 Å². The minimum absolute atomic E-state index is 0.0524. The summed E-state index contributed by atoms with van der Waals surface area (Å²) in [6, 6.07) is 9.04. The minimum Gasteiger partial charge on any atom is -0.478 e. The largest absolute Gasteiger partial charge is 0.478 e. The third-order valence-electron chi connectivity index (χ3n) is 2.31. The SMILES string of the molecule is O=C(O)/C=C1/SC(=O)N(Cc2ccccc2)C1=O.